The van der Waals surface area contributed by atoms with Gasteiger partial charge in [0, 0.05) is 86.4 Å². The van der Waals surface area contributed by atoms with Gasteiger partial charge in [-0.2, -0.15) is 5.26 Å². The van der Waals surface area contributed by atoms with Crippen LogP contribution in [0.2, 0.25) is 10.0 Å². The molecule has 1 atom stereocenters. The molecular weight excluding hydrogens is 707 g/mol. The lowest BCUT2D eigenvalue weighted by Crippen LogP contribution is -2.34. The number of halogens is 2. The van der Waals surface area contributed by atoms with Crippen LogP contribution >= 0.6 is 23.2 Å². The molecule has 0 bridgehead atoms. The number of pyridine rings is 1. The molecule has 0 amide bonds. The van der Waals surface area contributed by atoms with Gasteiger partial charge >= 0.3 is 0 Å². The maximum absolute atomic E-state index is 9.38. The molecule has 9 nitrogen and oxygen atoms in total. The Hall–Kier alpha value is -4.59. The molecule has 1 unspecified atom stereocenters. The highest BCUT2D eigenvalue weighted by Gasteiger charge is 2.23. The summed E-state index contributed by atoms with van der Waals surface area (Å²) < 4.78 is 21.2. The summed E-state index contributed by atoms with van der Waals surface area (Å²) in [5, 5.41) is 10.5. The van der Waals surface area contributed by atoms with E-state index in [4.69, 9.17) is 37.4 Å². The van der Waals surface area contributed by atoms with Gasteiger partial charge in [0.05, 0.1) is 34.2 Å². The van der Waals surface area contributed by atoms with Gasteiger partial charge in [0.25, 0.3) is 0 Å². The molecule has 0 spiro atoms. The van der Waals surface area contributed by atoms with Crippen molar-refractivity contribution in [2.24, 2.45) is 13.0 Å². The van der Waals surface area contributed by atoms with Crippen molar-refractivity contribution in [3.8, 4) is 34.4 Å². The number of likely N-dealkylation sites (tertiary alicyclic amines) is 1. The highest BCUT2D eigenvalue weighted by molar-refractivity contribution is 6.35. The molecule has 5 aromatic rings. The smallest absolute Gasteiger partial charge is 0.142 e. The van der Waals surface area contributed by atoms with E-state index < -0.39 is 0 Å². The SMILES string of the molecule is Cc1c(COc2cc(OCc3cncc(C#N)c3)c(CN3CCc4c(ncn4C)C3)cc2Cl)cccc1-c1cccc(OCC2CCCN(C)C2)c1Cl. The van der Waals surface area contributed by atoms with Crippen molar-refractivity contribution >= 4 is 23.2 Å². The Bertz CT molecular complexity index is 2130. The number of fused-ring (bicyclic) bond motifs is 1. The van der Waals surface area contributed by atoms with E-state index in [9.17, 15) is 5.26 Å². The first-order valence-corrected chi connectivity index (χ1v) is 18.8. The number of benzene rings is 3. The van der Waals surface area contributed by atoms with Crippen LogP contribution in [0.15, 0.2) is 73.3 Å². The van der Waals surface area contributed by atoms with E-state index in [0.717, 1.165) is 71.7 Å². The number of hydrogen-bond acceptors (Lipinski definition) is 8. The third kappa shape index (κ3) is 8.63. The van der Waals surface area contributed by atoms with E-state index in [2.05, 4.69) is 56.5 Å². The topological polar surface area (TPSA) is 88.7 Å². The molecule has 2 aliphatic rings. The van der Waals surface area contributed by atoms with Crippen LogP contribution in [-0.4, -0.2) is 57.6 Å². The number of aromatic nitrogens is 3. The van der Waals surface area contributed by atoms with Gasteiger partial charge in [-0.25, -0.2) is 4.98 Å². The predicted octanol–water partition coefficient (Wildman–Crippen LogP) is 8.41. The monoisotopic (exact) mass is 750 g/mol. The Balaban J connectivity index is 1.09. The summed E-state index contributed by atoms with van der Waals surface area (Å²) >= 11 is 13.9. The first kappa shape index (κ1) is 36.8. The first-order valence-electron chi connectivity index (χ1n) is 18.1. The van der Waals surface area contributed by atoms with Crippen LogP contribution in [0.25, 0.3) is 11.1 Å². The second kappa shape index (κ2) is 16.6. The molecule has 2 aliphatic heterocycles. The summed E-state index contributed by atoms with van der Waals surface area (Å²) in [7, 11) is 4.21. The summed E-state index contributed by atoms with van der Waals surface area (Å²) in [5.41, 5.74) is 8.61. The summed E-state index contributed by atoms with van der Waals surface area (Å²) in [5.74, 6) is 2.38. The van der Waals surface area contributed by atoms with Gasteiger partial charge in [0.15, 0.2) is 0 Å². The molecule has 3 aromatic carbocycles. The van der Waals surface area contributed by atoms with Crippen LogP contribution in [0, 0.1) is 24.2 Å². The highest BCUT2D eigenvalue weighted by Crippen LogP contribution is 2.39. The first-order chi connectivity index (χ1) is 25.7. The zero-order valence-electron chi connectivity index (χ0n) is 30.4. The molecule has 1 fully saturated rings. The van der Waals surface area contributed by atoms with Crippen molar-refractivity contribution in [2.45, 2.75) is 52.5 Å². The fourth-order valence-corrected chi connectivity index (χ4v) is 7.88. The Labute approximate surface area is 321 Å². The number of nitriles is 1. The minimum absolute atomic E-state index is 0.239. The maximum atomic E-state index is 9.38. The van der Waals surface area contributed by atoms with Gasteiger partial charge in [0.1, 0.15) is 36.5 Å². The minimum Gasteiger partial charge on any atom is -0.492 e. The molecule has 1 saturated heterocycles. The third-order valence-corrected chi connectivity index (χ3v) is 11.0. The highest BCUT2D eigenvalue weighted by atomic mass is 35.5. The van der Waals surface area contributed by atoms with Gasteiger partial charge in [-0.15, -0.1) is 0 Å². The Morgan fingerprint density at radius 2 is 1.74 bits per heavy atom. The van der Waals surface area contributed by atoms with Crippen LogP contribution < -0.4 is 14.2 Å². The quantitative estimate of drug-likeness (QED) is 0.126. The average molecular weight is 752 g/mol. The van der Waals surface area contributed by atoms with Gasteiger partial charge in [-0.3, -0.25) is 9.88 Å². The van der Waals surface area contributed by atoms with E-state index in [1.54, 1.807) is 12.3 Å². The number of ether oxygens (including phenoxy) is 3. The predicted molar refractivity (Wildman–Crippen MR) is 207 cm³/mol. The molecule has 274 valence electrons. The van der Waals surface area contributed by atoms with Gasteiger partial charge in [-0.1, -0.05) is 53.5 Å². The molecule has 0 N–H and O–H groups in total. The fourth-order valence-electron chi connectivity index (χ4n) is 7.36. The summed E-state index contributed by atoms with van der Waals surface area (Å²) in [6, 6.07) is 19.9. The molecule has 0 saturated carbocycles. The Morgan fingerprint density at radius 1 is 0.906 bits per heavy atom. The van der Waals surface area contributed by atoms with Crippen molar-refractivity contribution in [3.05, 3.63) is 123 Å². The molecule has 0 radical (unpaired) electrons. The van der Waals surface area contributed by atoms with Crippen LogP contribution in [0.5, 0.6) is 17.2 Å². The van der Waals surface area contributed by atoms with Crippen molar-refractivity contribution in [1.82, 2.24) is 24.3 Å². The fraction of sp³-hybridized carbons (Fsp3) is 0.357. The second-order valence-electron chi connectivity index (χ2n) is 14.2. The van der Waals surface area contributed by atoms with Crippen LogP contribution in [0.3, 0.4) is 0 Å². The number of aryl methyl sites for hydroxylation is 1. The molecule has 2 aromatic heterocycles. The van der Waals surface area contributed by atoms with Crippen LogP contribution in [0.4, 0.5) is 0 Å². The summed E-state index contributed by atoms with van der Waals surface area (Å²) in [6.07, 6.45) is 8.41. The third-order valence-electron chi connectivity index (χ3n) is 10.3. The number of hydrogen-bond donors (Lipinski definition) is 0. The van der Waals surface area contributed by atoms with Crippen LogP contribution in [0.1, 0.15) is 52.0 Å². The van der Waals surface area contributed by atoms with E-state index in [1.807, 2.05) is 49.8 Å². The largest absolute Gasteiger partial charge is 0.492 e. The Morgan fingerprint density at radius 3 is 2.58 bits per heavy atom. The number of rotatable bonds is 12. The van der Waals surface area contributed by atoms with Crippen molar-refractivity contribution in [2.75, 3.05) is 33.3 Å². The number of nitrogens with zero attached hydrogens (tertiary/aromatic N) is 6. The molecule has 11 heteroatoms. The maximum Gasteiger partial charge on any atom is 0.142 e. The lowest BCUT2D eigenvalue weighted by molar-refractivity contribution is 0.150. The van der Waals surface area contributed by atoms with E-state index in [0.29, 0.717) is 58.5 Å². The molecule has 4 heterocycles. The normalized spacial score (nSPS) is 16.2. The van der Waals surface area contributed by atoms with Crippen molar-refractivity contribution in [1.29, 1.82) is 5.26 Å². The molecule has 53 heavy (non-hydrogen) atoms. The van der Waals surface area contributed by atoms with Gasteiger partial charge in [0.2, 0.25) is 0 Å². The summed E-state index contributed by atoms with van der Waals surface area (Å²) in [4.78, 5) is 13.5. The van der Waals surface area contributed by atoms with Gasteiger partial charge < -0.3 is 23.7 Å². The van der Waals surface area contributed by atoms with E-state index in [-0.39, 0.29) is 6.61 Å². The number of piperidine rings is 1. The lowest BCUT2D eigenvalue weighted by Gasteiger charge is -2.29. The Kier molecular flexibility index (Phi) is 11.5. The molecule has 7 rings (SSSR count). The van der Waals surface area contributed by atoms with Crippen molar-refractivity contribution < 1.29 is 14.2 Å². The van der Waals surface area contributed by atoms with E-state index in [1.165, 1.54) is 24.7 Å². The molecule has 0 aliphatic carbocycles. The molecular formula is C42H44Cl2N6O3. The zero-order chi connectivity index (χ0) is 36.9. The van der Waals surface area contributed by atoms with Crippen molar-refractivity contribution in [3.63, 3.8) is 0 Å². The zero-order valence-corrected chi connectivity index (χ0v) is 32.0. The summed E-state index contributed by atoms with van der Waals surface area (Å²) in [6.45, 7) is 7.72. The number of imidazole rings is 1. The lowest BCUT2D eigenvalue weighted by atomic mass is 9.96. The van der Waals surface area contributed by atoms with Gasteiger partial charge in [-0.05, 0) is 68.2 Å². The standard InChI is InChI=1S/C42H44Cl2N6O3/c1-28-32(8-4-9-34(28)35-10-5-11-39(42(35)44)51-24-29-7-6-13-48(2)21-29)26-53-41-17-40(52-25-31-15-30(18-45)19-46-20-31)33(16-36(41)43)22-50-14-12-38-37(23-50)47-27-49(38)3/h4-5,8-11,15-17,19-20,27,29H,6-7,12-14,21-26H2,1-3H3. The minimum atomic E-state index is 0.239. The van der Waals surface area contributed by atoms with Crippen LogP contribution in [-0.2, 0) is 39.8 Å². The second-order valence-corrected chi connectivity index (χ2v) is 14.9. The van der Waals surface area contributed by atoms with E-state index >= 15 is 0 Å². The average Bonchev–Trinajstić information content (AvgIpc) is 3.53.